The number of nitrogens with one attached hydrogen (secondary N) is 1. The third-order valence-corrected chi connectivity index (χ3v) is 5.68. The van der Waals surface area contributed by atoms with Crippen LogP contribution in [0.5, 0.6) is 5.75 Å². The second-order valence-corrected chi connectivity index (χ2v) is 8.24. The van der Waals surface area contributed by atoms with Gasteiger partial charge in [-0.25, -0.2) is 0 Å². The number of hydrogen-bond donors (Lipinski definition) is 2. The molecule has 5 nitrogen and oxygen atoms in total. The van der Waals surface area contributed by atoms with Crippen LogP contribution in [-0.2, 0) is 0 Å². The first-order valence-corrected chi connectivity index (χ1v) is 10.7. The van der Waals surface area contributed by atoms with Crippen LogP contribution in [0.2, 0.25) is 0 Å². The Balaban J connectivity index is 1.44. The maximum Gasteiger partial charge on any atom is 0.255 e. The van der Waals surface area contributed by atoms with Crippen LogP contribution < -0.4 is 5.32 Å². The van der Waals surface area contributed by atoms with E-state index >= 15 is 0 Å². The minimum atomic E-state index is -0.231. The first-order valence-electron chi connectivity index (χ1n) is 9.94. The van der Waals surface area contributed by atoms with Gasteiger partial charge in [0.2, 0.25) is 0 Å². The van der Waals surface area contributed by atoms with E-state index in [0.29, 0.717) is 29.9 Å². The molecule has 1 aliphatic heterocycles. The van der Waals surface area contributed by atoms with Crippen LogP contribution in [0.3, 0.4) is 0 Å². The van der Waals surface area contributed by atoms with Crippen LogP contribution in [0.25, 0.3) is 5.57 Å². The molecule has 3 aromatic rings. The normalized spacial score (nSPS) is 13.5. The first kappa shape index (κ1) is 20.9. The van der Waals surface area contributed by atoms with E-state index in [1.165, 1.54) is 5.57 Å². The van der Waals surface area contributed by atoms with Gasteiger partial charge in [-0.1, -0.05) is 46.3 Å². The Kier molecular flexibility index (Phi) is 6.18. The highest BCUT2D eigenvalue weighted by Gasteiger charge is 2.20. The fourth-order valence-corrected chi connectivity index (χ4v) is 3.94. The van der Waals surface area contributed by atoms with Crippen LogP contribution in [0, 0.1) is 0 Å². The molecule has 3 aromatic carbocycles. The number of aromatic hydroxyl groups is 1. The van der Waals surface area contributed by atoms with Crippen molar-refractivity contribution in [2.24, 2.45) is 0 Å². The molecule has 4 rings (SSSR count). The van der Waals surface area contributed by atoms with E-state index in [4.69, 9.17) is 0 Å². The number of anilines is 1. The van der Waals surface area contributed by atoms with Crippen LogP contribution >= 0.6 is 15.9 Å². The molecular weight excluding hydrogens is 456 g/mol. The molecule has 0 bridgehead atoms. The van der Waals surface area contributed by atoms with E-state index in [0.717, 1.165) is 16.5 Å². The van der Waals surface area contributed by atoms with Gasteiger partial charge < -0.3 is 15.3 Å². The summed E-state index contributed by atoms with van der Waals surface area (Å²) in [7, 11) is 0. The summed E-state index contributed by atoms with van der Waals surface area (Å²) < 4.78 is 0.828. The fraction of sp³-hybridized carbons (Fsp3) is 0.120. The molecule has 156 valence electrons. The number of amides is 2. The van der Waals surface area contributed by atoms with E-state index in [-0.39, 0.29) is 17.6 Å². The molecule has 0 aliphatic carbocycles. The van der Waals surface area contributed by atoms with Crippen molar-refractivity contribution in [1.29, 1.82) is 0 Å². The highest BCUT2D eigenvalue weighted by atomic mass is 79.9. The van der Waals surface area contributed by atoms with Crippen LogP contribution in [0.15, 0.2) is 83.3 Å². The topological polar surface area (TPSA) is 69.6 Å². The van der Waals surface area contributed by atoms with E-state index in [1.54, 1.807) is 59.5 Å². The van der Waals surface area contributed by atoms with E-state index in [9.17, 15) is 14.7 Å². The quantitative estimate of drug-likeness (QED) is 0.533. The van der Waals surface area contributed by atoms with Crippen molar-refractivity contribution >= 4 is 39.0 Å². The molecule has 0 saturated heterocycles. The van der Waals surface area contributed by atoms with Gasteiger partial charge in [-0.3, -0.25) is 9.59 Å². The predicted molar refractivity (Wildman–Crippen MR) is 125 cm³/mol. The van der Waals surface area contributed by atoms with E-state index in [1.807, 2.05) is 24.3 Å². The van der Waals surface area contributed by atoms with Gasteiger partial charge >= 0.3 is 0 Å². The molecule has 0 radical (unpaired) electrons. The highest BCUT2D eigenvalue weighted by molar-refractivity contribution is 9.10. The third kappa shape index (κ3) is 5.03. The number of rotatable bonds is 4. The molecule has 31 heavy (non-hydrogen) atoms. The SMILES string of the molecule is O=C(Nc1cccc(C(=O)N2CC=C(c3ccc(O)cc3)CC2)c1)c1cccc(Br)c1. The molecule has 0 aromatic heterocycles. The Labute approximate surface area is 189 Å². The molecule has 0 spiro atoms. The predicted octanol–water partition coefficient (Wildman–Crippen LogP) is 5.34. The van der Waals surface area contributed by atoms with Gasteiger partial charge in [-0.05, 0) is 66.1 Å². The average molecular weight is 477 g/mol. The van der Waals surface area contributed by atoms with Crippen molar-refractivity contribution in [3.63, 3.8) is 0 Å². The monoisotopic (exact) mass is 476 g/mol. The largest absolute Gasteiger partial charge is 0.508 e. The maximum absolute atomic E-state index is 13.0. The number of nitrogens with zero attached hydrogens (tertiary/aromatic N) is 1. The number of benzene rings is 3. The van der Waals surface area contributed by atoms with Gasteiger partial charge in [0.1, 0.15) is 5.75 Å². The Hall–Kier alpha value is -3.38. The second kappa shape index (κ2) is 9.18. The number of carbonyl (C=O) groups excluding carboxylic acids is 2. The van der Waals surface area contributed by atoms with Crippen molar-refractivity contribution in [2.75, 3.05) is 18.4 Å². The number of phenolic OH excluding ortho intramolecular Hbond substituents is 1. The van der Waals surface area contributed by atoms with Gasteiger partial charge in [-0.2, -0.15) is 0 Å². The van der Waals surface area contributed by atoms with Crippen molar-refractivity contribution in [2.45, 2.75) is 6.42 Å². The lowest BCUT2D eigenvalue weighted by Gasteiger charge is -2.27. The van der Waals surface area contributed by atoms with E-state index < -0.39 is 0 Å². The first-order chi connectivity index (χ1) is 15.0. The van der Waals surface area contributed by atoms with Crippen LogP contribution in [0.1, 0.15) is 32.7 Å². The molecule has 6 heteroatoms. The highest BCUT2D eigenvalue weighted by Crippen LogP contribution is 2.25. The number of hydrogen-bond acceptors (Lipinski definition) is 3. The lowest BCUT2D eigenvalue weighted by molar-refractivity contribution is 0.0772. The standard InChI is InChI=1S/C25H21BrN2O3/c26-21-5-1-3-19(15-21)24(30)27-22-6-2-4-20(16-22)25(31)28-13-11-18(12-14-28)17-7-9-23(29)10-8-17/h1-11,15-16,29H,12-14H2,(H,27,30). The smallest absolute Gasteiger partial charge is 0.255 e. The lowest BCUT2D eigenvalue weighted by atomic mass is 9.99. The van der Waals surface area contributed by atoms with E-state index in [2.05, 4.69) is 21.2 Å². The molecule has 2 amide bonds. The summed E-state index contributed by atoms with van der Waals surface area (Å²) in [6, 6.07) is 21.3. The molecule has 2 N–H and O–H groups in total. The summed E-state index contributed by atoms with van der Waals surface area (Å²) in [5.41, 5.74) is 3.87. The van der Waals surface area contributed by atoms with Crippen LogP contribution in [-0.4, -0.2) is 34.9 Å². The third-order valence-electron chi connectivity index (χ3n) is 5.19. The molecule has 0 fully saturated rings. The summed E-state index contributed by atoms with van der Waals surface area (Å²) in [6.07, 6.45) is 2.79. The van der Waals surface area contributed by atoms with Gasteiger partial charge in [0.25, 0.3) is 11.8 Å². The Morgan fingerprint density at radius 1 is 0.935 bits per heavy atom. The van der Waals surface area contributed by atoms with Gasteiger partial charge in [0.05, 0.1) is 0 Å². The summed E-state index contributed by atoms with van der Waals surface area (Å²) >= 11 is 3.37. The minimum Gasteiger partial charge on any atom is -0.508 e. The Bertz CT molecular complexity index is 1160. The number of halogens is 1. The molecule has 1 aliphatic rings. The Morgan fingerprint density at radius 3 is 2.39 bits per heavy atom. The second-order valence-electron chi connectivity index (χ2n) is 7.32. The minimum absolute atomic E-state index is 0.0699. The van der Waals surface area contributed by atoms with Gasteiger partial charge in [0.15, 0.2) is 0 Å². The number of carbonyl (C=O) groups is 2. The zero-order valence-electron chi connectivity index (χ0n) is 16.7. The van der Waals surface area contributed by atoms with Gasteiger partial charge in [0, 0.05) is 34.4 Å². The zero-order chi connectivity index (χ0) is 21.8. The van der Waals surface area contributed by atoms with Crippen molar-refractivity contribution < 1.29 is 14.7 Å². The maximum atomic E-state index is 13.0. The Morgan fingerprint density at radius 2 is 1.68 bits per heavy atom. The summed E-state index contributed by atoms with van der Waals surface area (Å²) in [5.74, 6) is -0.0614. The van der Waals surface area contributed by atoms with Crippen molar-refractivity contribution in [3.8, 4) is 5.75 Å². The average Bonchev–Trinajstić information content (AvgIpc) is 2.79. The molecule has 0 unspecified atom stereocenters. The zero-order valence-corrected chi connectivity index (χ0v) is 18.3. The summed E-state index contributed by atoms with van der Waals surface area (Å²) in [6.45, 7) is 1.13. The number of phenols is 1. The van der Waals surface area contributed by atoms with Crippen LogP contribution in [0.4, 0.5) is 5.69 Å². The molecule has 1 heterocycles. The fourth-order valence-electron chi connectivity index (χ4n) is 3.54. The van der Waals surface area contributed by atoms with Crippen molar-refractivity contribution in [1.82, 2.24) is 4.90 Å². The summed E-state index contributed by atoms with van der Waals surface area (Å²) in [4.78, 5) is 27.3. The lowest BCUT2D eigenvalue weighted by Crippen LogP contribution is -2.34. The molecule has 0 saturated carbocycles. The van der Waals surface area contributed by atoms with Gasteiger partial charge in [-0.15, -0.1) is 0 Å². The summed E-state index contributed by atoms with van der Waals surface area (Å²) in [5, 5.41) is 12.3. The molecule has 0 atom stereocenters. The molecular formula is C25H21BrN2O3. The van der Waals surface area contributed by atoms with Crippen molar-refractivity contribution in [3.05, 3.63) is 100 Å².